The van der Waals surface area contributed by atoms with Gasteiger partial charge < -0.3 is 19.0 Å². The van der Waals surface area contributed by atoms with Crippen LogP contribution in [-0.4, -0.2) is 25.6 Å². The third-order valence-corrected chi connectivity index (χ3v) is 2.51. The van der Waals surface area contributed by atoms with Gasteiger partial charge >= 0.3 is 0 Å². The Morgan fingerprint density at radius 1 is 1.35 bits per heavy atom. The molecular formula is C12H12O5. The second-order valence-corrected chi connectivity index (χ2v) is 3.43. The number of rotatable bonds is 4. The van der Waals surface area contributed by atoms with E-state index in [1.54, 1.807) is 12.1 Å². The van der Waals surface area contributed by atoms with Gasteiger partial charge in [-0.3, -0.25) is 4.79 Å². The molecule has 1 N–H and O–H groups in total. The number of benzene rings is 1. The van der Waals surface area contributed by atoms with Crippen LogP contribution in [0.1, 0.15) is 16.1 Å². The predicted molar refractivity (Wildman–Crippen MR) is 60.6 cm³/mol. The minimum absolute atomic E-state index is 0.225. The average Bonchev–Trinajstić information content (AvgIpc) is 2.78. The van der Waals surface area contributed by atoms with Crippen molar-refractivity contribution < 1.29 is 23.8 Å². The standard InChI is InChI=1S/C12H12O5/c1-15-10-4-7-3-8(5-13)17-11(7)9(6-14)12(10)16-2/h3-4,6,13H,5H2,1-2H3. The maximum Gasteiger partial charge on any atom is 0.175 e. The number of aliphatic hydroxyl groups is 1. The van der Waals surface area contributed by atoms with E-state index in [1.807, 2.05) is 0 Å². The predicted octanol–water partition coefficient (Wildman–Crippen LogP) is 1.75. The highest BCUT2D eigenvalue weighted by Gasteiger charge is 2.18. The smallest absolute Gasteiger partial charge is 0.175 e. The molecule has 0 atom stereocenters. The van der Waals surface area contributed by atoms with Gasteiger partial charge in [0.2, 0.25) is 0 Å². The highest BCUT2D eigenvalue weighted by Crippen LogP contribution is 2.37. The van der Waals surface area contributed by atoms with Crippen molar-refractivity contribution in [2.75, 3.05) is 14.2 Å². The van der Waals surface area contributed by atoms with Gasteiger partial charge in [-0.1, -0.05) is 0 Å². The van der Waals surface area contributed by atoms with Crippen LogP contribution in [0.3, 0.4) is 0 Å². The van der Waals surface area contributed by atoms with Crippen molar-refractivity contribution >= 4 is 17.3 Å². The second kappa shape index (κ2) is 4.47. The molecule has 2 aromatic rings. The van der Waals surface area contributed by atoms with Crippen molar-refractivity contribution in [2.24, 2.45) is 0 Å². The number of aldehydes is 1. The molecule has 0 radical (unpaired) electrons. The van der Waals surface area contributed by atoms with E-state index in [-0.39, 0.29) is 12.2 Å². The Morgan fingerprint density at radius 2 is 2.12 bits per heavy atom. The van der Waals surface area contributed by atoms with Gasteiger partial charge in [0.05, 0.1) is 14.2 Å². The summed E-state index contributed by atoms with van der Waals surface area (Å²) in [6.07, 6.45) is 0.647. The molecule has 0 bridgehead atoms. The highest BCUT2D eigenvalue weighted by atomic mass is 16.5. The minimum Gasteiger partial charge on any atom is -0.493 e. The quantitative estimate of drug-likeness (QED) is 0.819. The molecule has 1 aromatic carbocycles. The fourth-order valence-corrected chi connectivity index (χ4v) is 1.77. The third kappa shape index (κ3) is 1.74. The van der Waals surface area contributed by atoms with E-state index >= 15 is 0 Å². The molecule has 0 amide bonds. The largest absolute Gasteiger partial charge is 0.493 e. The van der Waals surface area contributed by atoms with Gasteiger partial charge in [-0.05, 0) is 12.1 Å². The Kier molecular flexibility index (Phi) is 3.01. The van der Waals surface area contributed by atoms with Crippen LogP contribution in [-0.2, 0) is 6.61 Å². The first-order valence-electron chi connectivity index (χ1n) is 4.98. The molecule has 90 valence electrons. The lowest BCUT2D eigenvalue weighted by molar-refractivity contribution is 0.112. The maximum absolute atomic E-state index is 11.1. The summed E-state index contributed by atoms with van der Waals surface area (Å²) in [5.41, 5.74) is 0.670. The number of ether oxygens (including phenoxy) is 2. The Bertz CT molecular complexity index is 556. The lowest BCUT2D eigenvalue weighted by Gasteiger charge is -2.09. The lowest BCUT2D eigenvalue weighted by atomic mass is 10.1. The Morgan fingerprint density at radius 3 is 2.65 bits per heavy atom. The summed E-state index contributed by atoms with van der Waals surface area (Å²) in [6.45, 7) is -0.225. The van der Waals surface area contributed by atoms with Crippen LogP contribution in [0.5, 0.6) is 11.5 Å². The molecule has 0 aliphatic heterocycles. The van der Waals surface area contributed by atoms with Crippen molar-refractivity contribution in [3.63, 3.8) is 0 Å². The fourth-order valence-electron chi connectivity index (χ4n) is 1.77. The number of carbonyl (C=O) groups excluding carboxylic acids is 1. The number of fused-ring (bicyclic) bond motifs is 1. The van der Waals surface area contributed by atoms with E-state index in [9.17, 15) is 4.79 Å². The van der Waals surface area contributed by atoms with Crippen LogP contribution in [0.15, 0.2) is 16.5 Å². The first kappa shape index (κ1) is 11.5. The van der Waals surface area contributed by atoms with Crippen LogP contribution in [0.4, 0.5) is 0 Å². The molecule has 0 spiro atoms. The van der Waals surface area contributed by atoms with Crippen LogP contribution in [0.25, 0.3) is 11.0 Å². The molecular weight excluding hydrogens is 224 g/mol. The molecule has 0 aliphatic carbocycles. The second-order valence-electron chi connectivity index (χ2n) is 3.43. The lowest BCUT2D eigenvalue weighted by Crippen LogP contribution is -1.95. The molecule has 0 fully saturated rings. The van der Waals surface area contributed by atoms with E-state index in [2.05, 4.69) is 0 Å². The molecule has 5 nitrogen and oxygen atoms in total. The topological polar surface area (TPSA) is 68.9 Å². The van der Waals surface area contributed by atoms with E-state index in [0.29, 0.717) is 34.5 Å². The van der Waals surface area contributed by atoms with E-state index in [0.717, 1.165) is 0 Å². The molecule has 17 heavy (non-hydrogen) atoms. The van der Waals surface area contributed by atoms with Gasteiger partial charge in [0.1, 0.15) is 23.5 Å². The normalized spacial score (nSPS) is 10.5. The molecule has 2 rings (SSSR count). The monoisotopic (exact) mass is 236 g/mol. The van der Waals surface area contributed by atoms with Gasteiger partial charge in [0.15, 0.2) is 17.8 Å². The summed E-state index contributed by atoms with van der Waals surface area (Å²) in [4.78, 5) is 11.1. The zero-order chi connectivity index (χ0) is 12.4. The van der Waals surface area contributed by atoms with E-state index < -0.39 is 0 Å². The highest BCUT2D eigenvalue weighted by molar-refractivity contribution is 5.99. The van der Waals surface area contributed by atoms with Crippen molar-refractivity contribution in [1.29, 1.82) is 0 Å². The van der Waals surface area contributed by atoms with Crippen LogP contribution < -0.4 is 9.47 Å². The SMILES string of the molecule is COc1cc2cc(CO)oc2c(C=O)c1OC. The first-order chi connectivity index (χ1) is 8.24. The third-order valence-electron chi connectivity index (χ3n) is 2.51. The maximum atomic E-state index is 11.1. The van der Waals surface area contributed by atoms with Crippen LogP contribution >= 0.6 is 0 Å². The summed E-state index contributed by atoms with van der Waals surface area (Å²) in [6, 6.07) is 3.36. The average molecular weight is 236 g/mol. The minimum atomic E-state index is -0.225. The molecule has 0 saturated heterocycles. The van der Waals surface area contributed by atoms with E-state index in [1.165, 1.54) is 14.2 Å². The van der Waals surface area contributed by atoms with Gasteiger partial charge in [-0.2, -0.15) is 0 Å². The molecule has 0 saturated carbocycles. The Hall–Kier alpha value is -2.01. The number of aliphatic hydroxyl groups excluding tert-OH is 1. The fraction of sp³-hybridized carbons (Fsp3) is 0.250. The van der Waals surface area contributed by atoms with Gasteiger partial charge in [0, 0.05) is 5.39 Å². The molecule has 5 heteroatoms. The summed E-state index contributed by atoms with van der Waals surface area (Å²) in [5, 5.41) is 9.70. The number of methoxy groups -OCH3 is 2. The van der Waals surface area contributed by atoms with Crippen molar-refractivity contribution in [3.05, 3.63) is 23.5 Å². The molecule has 1 heterocycles. The van der Waals surface area contributed by atoms with E-state index in [4.69, 9.17) is 19.0 Å². The van der Waals surface area contributed by atoms with Crippen molar-refractivity contribution in [2.45, 2.75) is 6.61 Å². The molecule has 1 aromatic heterocycles. The Labute approximate surface area is 97.6 Å². The number of furan rings is 1. The summed E-state index contributed by atoms with van der Waals surface area (Å²) in [5.74, 6) is 1.17. The van der Waals surface area contributed by atoms with Crippen molar-refractivity contribution in [1.82, 2.24) is 0 Å². The summed E-state index contributed by atoms with van der Waals surface area (Å²) in [7, 11) is 2.94. The van der Waals surface area contributed by atoms with Gasteiger partial charge in [-0.15, -0.1) is 0 Å². The zero-order valence-electron chi connectivity index (χ0n) is 9.52. The van der Waals surface area contributed by atoms with Crippen molar-refractivity contribution in [3.8, 4) is 11.5 Å². The Balaban J connectivity index is 2.81. The first-order valence-corrected chi connectivity index (χ1v) is 4.98. The van der Waals surface area contributed by atoms with Crippen LogP contribution in [0.2, 0.25) is 0 Å². The summed E-state index contributed by atoms with van der Waals surface area (Å²) >= 11 is 0. The van der Waals surface area contributed by atoms with Crippen LogP contribution in [0, 0.1) is 0 Å². The van der Waals surface area contributed by atoms with Gasteiger partial charge in [-0.25, -0.2) is 0 Å². The summed E-state index contributed by atoms with van der Waals surface area (Å²) < 4.78 is 15.6. The molecule has 0 aliphatic rings. The zero-order valence-corrected chi connectivity index (χ0v) is 9.52. The number of hydrogen-bond acceptors (Lipinski definition) is 5. The van der Waals surface area contributed by atoms with Gasteiger partial charge in [0.25, 0.3) is 0 Å². The number of carbonyl (C=O) groups is 1. The number of hydrogen-bond donors (Lipinski definition) is 1. The molecule has 0 unspecified atom stereocenters.